The lowest BCUT2D eigenvalue weighted by Gasteiger charge is -2.44. The molecule has 3 heterocycles. The molecule has 1 N–H and O–H groups in total. The zero-order valence-electron chi connectivity index (χ0n) is 21.1. The lowest BCUT2D eigenvalue weighted by molar-refractivity contribution is -0.128. The molecule has 0 saturated carbocycles. The van der Waals surface area contributed by atoms with Gasteiger partial charge in [-0.2, -0.15) is 0 Å². The molecule has 2 saturated heterocycles. The molecule has 2 aromatic carbocycles. The molecule has 1 atom stereocenters. The van der Waals surface area contributed by atoms with Gasteiger partial charge in [0.05, 0.1) is 29.4 Å². The number of amides is 3. The van der Waals surface area contributed by atoms with Crippen LogP contribution in [0.5, 0.6) is 0 Å². The van der Waals surface area contributed by atoms with Crippen molar-refractivity contribution in [3.8, 4) is 0 Å². The molecule has 0 aliphatic carbocycles. The first-order valence-corrected chi connectivity index (χ1v) is 13.0. The van der Waals surface area contributed by atoms with Crippen molar-refractivity contribution in [1.82, 2.24) is 20.1 Å². The molecule has 2 aliphatic heterocycles. The molecule has 9 heteroatoms. The molecule has 196 valence electrons. The van der Waals surface area contributed by atoms with Crippen LogP contribution in [-0.2, 0) is 16.1 Å². The fourth-order valence-electron chi connectivity index (χ4n) is 5.15. The van der Waals surface area contributed by atoms with E-state index in [1.54, 1.807) is 46.3 Å². The van der Waals surface area contributed by atoms with E-state index in [4.69, 9.17) is 16.3 Å². The molecule has 2 fully saturated rings. The third kappa shape index (κ3) is 5.14. The molecule has 0 unspecified atom stereocenters. The van der Waals surface area contributed by atoms with Crippen LogP contribution in [0.25, 0.3) is 0 Å². The predicted octanol–water partition coefficient (Wildman–Crippen LogP) is 3.83. The number of halogens is 1. The summed E-state index contributed by atoms with van der Waals surface area (Å²) in [7, 11) is 0. The number of nitrogens with one attached hydrogen (secondary N) is 1. The molecule has 38 heavy (non-hydrogen) atoms. The van der Waals surface area contributed by atoms with Gasteiger partial charge in [0.15, 0.2) is 0 Å². The maximum atomic E-state index is 13.9. The molecule has 2 aliphatic rings. The summed E-state index contributed by atoms with van der Waals surface area (Å²) in [5.41, 5.74) is 1.60. The number of nitrogens with zero attached hydrogens (tertiary/aromatic N) is 3. The number of piperidine rings is 1. The third-order valence-electron chi connectivity index (χ3n) is 7.15. The summed E-state index contributed by atoms with van der Waals surface area (Å²) < 4.78 is 6.27. The van der Waals surface area contributed by atoms with E-state index in [2.05, 4.69) is 10.3 Å². The van der Waals surface area contributed by atoms with E-state index in [-0.39, 0.29) is 30.9 Å². The van der Waals surface area contributed by atoms with Crippen molar-refractivity contribution in [3.05, 3.63) is 100 Å². The predicted molar refractivity (Wildman–Crippen MR) is 142 cm³/mol. The summed E-state index contributed by atoms with van der Waals surface area (Å²) in [6, 6.07) is 19.0. The lowest BCUT2D eigenvalue weighted by atomic mass is 9.95. The van der Waals surface area contributed by atoms with Crippen LogP contribution in [0.15, 0.2) is 72.9 Å². The lowest BCUT2D eigenvalue weighted by Crippen LogP contribution is -2.59. The second-order valence-corrected chi connectivity index (χ2v) is 10.0. The normalized spacial score (nSPS) is 18.4. The number of benzene rings is 2. The summed E-state index contributed by atoms with van der Waals surface area (Å²) in [5.74, 6) is -0.733. The monoisotopic (exact) mass is 532 g/mol. The number of likely N-dealkylation sites (tertiary alicyclic amines) is 1. The third-order valence-corrected chi connectivity index (χ3v) is 7.48. The Balaban J connectivity index is 1.37. The van der Waals surface area contributed by atoms with E-state index in [0.29, 0.717) is 42.1 Å². The first-order valence-electron chi connectivity index (χ1n) is 12.6. The molecule has 0 bridgehead atoms. The Morgan fingerprint density at radius 2 is 1.79 bits per heavy atom. The Bertz CT molecular complexity index is 1340. The Kier molecular flexibility index (Phi) is 7.44. The van der Waals surface area contributed by atoms with E-state index >= 15 is 0 Å². The summed E-state index contributed by atoms with van der Waals surface area (Å²) >= 11 is 6.26. The summed E-state index contributed by atoms with van der Waals surface area (Å²) in [6.45, 7) is 2.97. The number of carbonyl (C=O) groups is 3. The quantitative estimate of drug-likeness (QED) is 0.539. The number of hydrogen-bond donors (Lipinski definition) is 1. The molecule has 0 radical (unpaired) electrons. The number of ether oxygens (including phenoxy) is 1. The summed E-state index contributed by atoms with van der Waals surface area (Å²) in [4.78, 5) is 48.0. The number of aromatic nitrogens is 1. The molecule has 3 amide bonds. The Hall–Kier alpha value is -3.75. The largest absolute Gasteiger partial charge is 0.353 e. The van der Waals surface area contributed by atoms with Crippen LogP contribution < -0.4 is 5.32 Å². The van der Waals surface area contributed by atoms with E-state index in [9.17, 15) is 14.4 Å². The average Bonchev–Trinajstić information content (AvgIpc) is 3.30. The second kappa shape index (κ2) is 10.9. The maximum Gasteiger partial charge on any atom is 0.256 e. The van der Waals surface area contributed by atoms with Crippen LogP contribution in [0.3, 0.4) is 0 Å². The van der Waals surface area contributed by atoms with Gasteiger partial charge < -0.3 is 15.0 Å². The van der Waals surface area contributed by atoms with Crippen molar-refractivity contribution >= 4 is 29.3 Å². The zero-order valence-corrected chi connectivity index (χ0v) is 21.9. The van der Waals surface area contributed by atoms with Crippen LogP contribution in [0.1, 0.15) is 44.8 Å². The number of pyridine rings is 1. The van der Waals surface area contributed by atoms with E-state index < -0.39 is 11.8 Å². The van der Waals surface area contributed by atoms with Gasteiger partial charge in [-0.05, 0) is 43.3 Å². The van der Waals surface area contributed by atoms with Crippen LogP contribution in [-0.4, -0.2) is 64.0 Å². The van der Waals surface area contributed by atoms with Gasteiger partial charge in [0.2, 0.25) is 5.91 Å². The minimum Gasteiger partial charge on any atom is -0.353 e. The fourth-order valence-corrected chi connectivity index (χ4v) is 5.36. The van der Waals surface area contributed by atoms with Crippen molar-refractivity contribution in [2.45, 2.75) is 38.1 Å². The van der Waals surface area contributed by atoms with Gasteiger partial charge in [0.25, 0.3) is 11.8 Å². The number of hydrogen-bond acceptors (Lipinski definition) is 5. The molecule has 8 nitrogen and oxygen atoms in total. The maximum absolute atomic E-state index is 13.9. The van der Waals surface area contributed by atoms with Crippen molar-refractivity contribution in [1.29, 1.82) is 0 Å². The first kappa shape index (κ1) is 25.9. The van der Waals surface area contributed by atoms with Crippen LogP contribution in [0.4, 0.5) is 0 Å². The van der Waals surface area contributed by atoms with Gasteiger partial charge in [0.1, 0.15) is 11.8 Å². The van der Waals surface area contributed by atoms with E-state index in [1.807, 2.05) is 43.3 Å². The smallest absolute Gasteiger partial charge is 0.256 e. The minimum absolute atomic E-state index is 0.0735. The zero-order chi connectivity index (χ0) is 26.7. The average molecular weight is 533 g/mol. The number of carbonyl (C=O) groups excluding carboxylic acids is 3. The second-order valence-electron chi connectivity index (χ2n) is 9.63. The standard InChI is InChI=1S/C29H29ClN4O4/c1-20-7-6-8-21(17-20)27(36)34-25(26(35)32-18-22-9-4-5-14-31-22)19-38-29(34)12-15-33(16-13-29)28(37)23-10-2-3-11-24(23)30/h2-11,14,17,25H,12-13,15-16,18-19H2,1H3,(H,32,35)/t25-/m1/s1. The highest BCUT2D eigenvalue weighted by Gasteiger charge is 2.54. The Morgan fingerprint density at radius 1 is 1.03 bits per heavy atom. The van der Waals surface area contributed by atoms with Gasteiger partial charge in [0, 0.05) is 37.7 Å². The van der Waals surface area contributed by atoms with Crippen molar-refractivity contribution in [3.63, 3.8) is 0 Å². The van der Waals surface area contributed by atoms with Gasteiger partial charge in [-0.25, -0.2) is 0 Å². The summed E-state index contributed by atoms with van der Waals surface area (Å²) in [5, 5.41) is 3.31. The van der Waals surface area contributed by atoms with Gasteiger partial charge >= 0.3 is 0 Å². The SMILES string of the molecule is Cc1cccc(C(=O)N2[C@@H](C(=O)NCc3ccccn3)COC23CCN(C(=O)c2ccccc2Cl)CC3)c1. The van der Waals surface area contributed by atoms with Crippen LogP contribution >= 0.6 is 11.6 Å². The molecule has 3 aromatic rings. The highest BCUT2D eigenvalue weighted by molar-refractivity contribution is 6.33. The molecular weight excluding hydrogens is 504 g/mol. The highest BCUT2D eigenvalue weighted by Crippen LogP contribution is 2.39. The van der Waals surface area contributed by atoms with Gasteiger partial charge in [-0.3, -0.25) is 24.3 Å². The minimum atomic E-state index is -0.995. The molecule has 1 spiro atoms. The molecular formula is C29H29ClN4O4. The van der Waals surface area contributed by atoms with Crippen molar-refractivity contribution in [2.24, 2.45) is 0 Å². The van der Waals surface area contributed by atoms with Crippen molar-refractivity contribution < 1.29 is 19.1 Å². The van der Waals surface area contributed by atoms with Crippen LogP contribution in [0.2, 0.25) is 5.02 Å². The molecule has 5 rings (SSSR count). The highest BCUT2D eigenvalue weighted by atomic mass is 35.5. The first-order chi connectivity index (χ1) is 18.4. The van der Waals surface area contributed by atoms with Gasteiger partial charge in [-0.1, -0.05) is 47.5 Å². The molecule has 1 aromatic heterocycles. The van der Waals surface area contributed by atoms with E-state index in [0.717, 1.165) is 11.3 Å². The van der Waals surface area contributed by atoms with E-state index in [1.165, 1.54) is 0 Å². The van der Waals surface area contributed by atoms with Crippen molar-refractivity contribution in [2.75, 3.05) is 19.7 Å². The van der Waals surface area contributed by atoms with Gasteiger partial charge in [-0.15, -0.1) is 0 Å². The topological polar surface area (TPSA) is 91.8 Å². The number of rotatable bonds is 5. The fraction of sp³-hybridized carbons (Fsp3) is 0.310. The summed E-state index contributed by atoms with van der Waals surface area (Å²) in [6.07, 6.45) is 2.43. The number of aryl methyl sites for hydroxylation is 1. The van der Waals surface area contributed by atoms with Crippen LogP contribution in [0, 0.1) is 6.92 Å². The Morgan fingerprint density at radius 3 is 2.50 bits per heavy atom. The Labute approximate surface area is 226 Å².